The summed E-state index contributed by atoms with van der Waals surface area (Å²) in [6.07, 6.45) is 0.583. The highest BCUT2D eigenvalue weighted by molar-refractivity contribution is 6.05. The second-order valence-electron chi connectivity index (χ2n) is 5.62. The topological polar surface area (TPSA) is 145 Å². The zero-order valence-corrected chi connectivity index (χ0v) is 11.8. The van der Waals surface area contributed by atoms with Crippen molar-refractivity contribution in [2.45, 2.75) is 20.3 Å². The predicted octanol–water partition coefficient (Wildman–Crippen LogP) is 1.59. The molecule has 0 heterocycles. The number of hydrogen-bond acceptors (Lipinski definition) is 6. The van der Waals surface area contributed by atoms with Crippen molar-refractivity contribution in [2.75, 3.05) is 0 Å². The van der Waals surface area contributed by atoms with Gasteiger partial charge >= 0.3 is 0 Å². The van der Waals surface area contributed by atoms with Crippen molar-refractivity contribution in [3.63, 3.8) is 0 Å². The highest BCUT2D eigenvalue weighted by Crippen LogP contribution is 2.62. The number of nitriles is 4. The molecule has 0 aromatic heterocycles. The van der Waals surface area contributed by atoms with E-state index in [0.717, 1.165) is 0 Å². The van der Waals surface area contributed by atoms with Gasteiger partial charge in [-0.25, -0.2) is 0 Å². The summed E-state index contributed by atoms with van der Waals surface area (Å²) >= 11 is 0. The Bertz CT molecular complexity index is 705. The molecule has 0 aromatic carbocycles. The summed E-state index contributed by atoms with van der Waals surface area (Å²) in [7, 11) is 0. The summed E-state index contributed by atoms with van der Waals surface area (Å²) in [6, 6.07) is 7.81. The van der Waals surface area contributed by atoms with Crippen LogP contribution in [0.2, 0.25) is 0 Å². The van der Waals surface area contributed by atoms with Crippen molar-refractivity contribution in [1.82, 2.24) is 0 Å². The zero-order valence-electron chi connectivity index (χ0n) is 11.8. The molecule has 21 heavy (non-hydrogen) atoms. The second-order valence-corrected chi connectivity index (χ2v) is 5.62. The molecule has 3 aliphatic carbocycles. The van der Waals surface area contributed by atoms with Crippen LogP contribution in [0.3, 0.4) is 0 Å². The predicted molar refractivity (Wildman–Crippen MR) is 72.7 cm³/mol. The van der Waals surface area contributed by atoms with E-state index >= 15 is 0 Å². The molecule has 3 rings (SSSR count). The van der Waals surface area contributed by atoms with Gasteiger partial charge in [-0.05, 0) is 11.8 Å². The number of fused-ring (bicyclic) bond motifs is 2. The van der Waals surface area contributed by atoms with Gasteiger partial charge in [0, 0.05) is 11.6 Å². The third-order valence-electron chi connectivity index (χ3n) is 5.09. The maximum atomic E-state index is 9.73. The lowest BCUT2D eigenvalue weighted by Gasteiger charge is -2.56. The number of allylic oxidation sites excluding steroid dienone is 2. The first-order valence-corrected chi connectivity index (χ1v) is 6.66. The van der Waals surface area contributed by atoms with E-state index < -0.39 is 16.7 Å². The van der Waals surface area contributed by atoms with E-state index in [9.17, 15) is 21.0 Å². The standard InChI is InChI=1S/C15H14N6/c1-3-10-8(2)11-9(4-16)12(20)15(10,7-19)13(21)14(11,5-17)6-18/h8,10-11,21H,3,20H2,1-2H3. The molecule has 0 aliphatic heterocycles. The summed E-state index contributed by atoms with van der Waals surface area (Å²) in [6.45, 7) is 3.71. The largest absolute Gasteiger partial charge is 0.400 e. The molecule has 0 radical (unpaired) electrons. The highest BCUT2D eigenvalue weighted by Gasteiger charge is 2.70. The molecule has 4 unspecified atom stereocenters. The minimum absolute atomic E-state index is 0.0496. The van der Waals surface area contributed by atoms with E-state index in [-0.39, 0.29) is 28.8 Å². The molecule has 0 aromatic rings. The Hall–Kier alpha value is -2.83. The molecule has 6 nitrogen and oxygen atoms in total. The van der Waals surface area contributed by atoms with Crippen LogP contribution in [0.4, 0.5) is 0 Å². The maximum Gasteiger partial charge on any atom is 0.190 e. The van der Waals surface area contributed by atoms with Crippen molar-refractivity contribution >= 4 is 5.71 Å². The molecular weight excluding hydrogens is 264 g/mol. The zero-order chi connectivity index (χ0) is 16.0. The molecule has 4 atom stereocenters. The van der Waals surface area contributed by atoms with E-state index in [1.165, 1.54) is 0 Å². The fraction of sp³-hybridized carbons (Fsp3) is 0.533. The van der Waals surface area contributed by atoms with Crippen LogP contribution in [-0.4, -0.2) is 5.71 Å². The van der Waals surface area contributed by atoms with Gasteiger partial charge in [-0.1, -0.05) is 20.3 Å². The van der Waals surface area contributed by atoms with Gasteiger partial charge in [0.2, 0.25) is 0 Å². The van der Waals surface area contributed by atoms with E-state index in [1.54, 1.807) is 0 Å². The fourth-order valence-corrected chi connectivity index (χ4v) is 4.15. The van der Waals surface area contributed by atoms with Gasteiger partial charge < -0.3 is 11.1 Å². The Labute approximate surface area is 123 Å². The van der Waals surface area contributed by atoms with Gasteiger partial charge in [-0.3, -0.25) is 0 Å². The minimum atomic E-state index is -1.78. The Morgan fingerprint density at radius 2 is 1.76 bits per heavy atom. The van der Waals surface area contributed by atoms with Crippen molar-refractivity contribution in [2.24, 2.45) is 34.3 Å². The first-order chi connectivity index (χ1) is 9.92. The van der Waals surface area contributed by atoms with Crippen molar-refractivity contribution in [1.29, 1.82) is 26.5 Å². The van der Waals surface area contributed by atoms with Crippen LogP contribution in [0, 0.1) is 79.3 Å². The molecule has 0 saturated heterocycles. The third kappa shape index (κ3) is 1.25. The van der Waals surface area contributed by atoms with E-state index in [0.29, 0.717) is 6.42 Å². The first-order valence-electron chi connectivity index (χ1n) is 6.66. The second kappa shape index (κ2) is 4.34. The molecule has 2 bridgehead atoms. The molecule has 6 heteroatoms. The number of rotatable bonds is 1. The van der Waals surface area contributed by atoms with E-state index in [4.69, 9.17) is 11.1 Å². The lowest BCUT2D eigenvalue weighted by atomic mass is 9.42. The molecule has 1 saturated carbocycles. The van der Waals surface area contributed by atoms with Crippen LogP contribution in [-0.2, 0) is 0 Å². The first kappa shape index (κ1) is 14.6. The number of nitrogens with two attached hydrogens (primary N) is 1. The summed E-state index contributed by atoms with van der Waals surface area (Å²) in [5, 5.41) is 46.5. The molecule has 3 N–H and O–H groups in total. The van der Waals surface area contributed by atoms with Gasteiger partial charge in [0.25, 0.3) is 0 Å². The average molecular weight is 278 g/mol. The van der Waals surface area contributed by atoms with E-state index in [2.05, 4.69) is 6.07 Å². The Morgan fingerprint density at radius 3 is 2.14 bits per heavy atom. The molecule has 0 amide bonds. The van der Waals surface area contributed by atoms with Gasteiger partial charge in [0.05, 0.1) is 35.6 Å². The smallest absolute Gasteiger partial charge is 0.190 e. The molecule has 0 spiro atoms. The van der Waals surface area contributed by atoms with Crippen molar-refractivity contribution < 1.29 is 0 Å². The lowest BCUT2D eigenvalue weighted by Crippen LogP contribution is -2.64. The summed E-state index contributed by atoms with van der Waals surface area (Å²) < 4.78 is 0. The highest BCUT2D eigenvalue weighted by atomic mass is 14.8. The number of nitrogens with one attached hydrogen (secondary N) is 1. The Morgan fingerprint density at radius 1 is 1.19 bits per heavy atom. The van der Waals surface area contributed by atoms with Crippen LogP contribution in [0.15, 0.2) is 11.3 Å². The van der Waals surface area contributed by atoms with Crippen LogP contribution in [0.5, 0.6) is 0 Å². The van der Waals surface area contributed by atoms with Crippen molar-refractivity contribution in [3.8, 4) is 24.3 Å². The molecule has 3 aliphatic rings. The Kier molecular flexibility index (Phi) is 3.01. The van der Waals surface area contributed by atoms with Crippen LogP contribution < -0.4 is 5.73 Å². The number of nitrogens with zero attached hydrogens (tertiary/aromatic N) is 4. The van der Waals surface area contributed by atoms with Crippen LogP contribution in [0.25, 0.3) is 0 Å². The lowest BCUT2D eigenvalue weighted by molar-refractivity contribution is 0.112. The van der Waals surface area contributed by atoms with Gasteiger partial charge in [0.1, 0.15) is 5.41 Å². The maximum absolute atomic E-state index is 9.73. The van der Waals surface area contributed by atoms with Gasteiger partial charge in [0.15, 0.2) is 5.41 Å². The third-order valence-corrected chi connectivity index (χ3v) is 5.09. The van der Waals surface area contributed by atoms with Gasteiger partial charge in [-0.15, -0.1) is 0 Å². The SMILES string of the molecule is CCC1C(C)C2C(C#N)=C(N)C1(C#N)C(=N)C2(C#N)C#N. The number of hydrogen-bond donors (Lipinski definition) is 2. The normalized spacial score (nSPS) is 36.3. The Balaban J connectivity index is 2.97. The van der Waals surface area contributed by atoms with Crippen LogP contribution >= 0.6 is 0 Å². The van der Waals surface area contributed by atoms with E-state index in [1.807, 2.05) is 32.1 Å². The monoisotopic (exact) mass is 278 g/mol. The van der Waals surface area contributed by atoms with Crippen molar-refractivity contribution in [3.05, 3.63) is 11.3 Å². The molecular formula is C15H14N6. The summed E-state index contributed by atoms with van der Waals surface area (Å²) in [4.78, 5) is 0. The van der Waals surface area contributed by atoms with Gasteiger partial charge in [-0.2, -0.15) is 21.0 Å². The average Bonchev–Trinajstić information content (AvgIpc) is 2.50. The van der Waals surface area contributed by atoms with Crippen LogP contribution in [0.1, 0.15) is 20.3 Å². The minimum Gasteiger partial charge on any atom is -0.400 e. The summed E-state index contributed by atoms with van der Waals surface area (Å²) in [5.74, 6) is -1.26. The molecule has 1 fully saturated rings. The molecule has 104 valence electrons. The fourth-order valence-electron chi connectivity index (χ4n) is 4.15. The summed E-state index contributed by atoms with van der Waals surface area (Å²) in [5.41, 5.74) is 2.63. The quantitative estimate of drug-likeness (QED) is 0.747.